The van der Waals surface area contributed by atoms with Gasteiger partial charge in [0, 0.05) is 0 Å². The summed E-state index contributed by atoms with van der Waals surface area (Å²) < 4.78 is 25.0. The average molecular weight is 375 g/mol. The van der Waals surface area contributed by atoms with Gasteiger partial charge in [-0.3, -0.25) is 0 Å². The van der Waals surface area contributed by atoms with Crippen LogP contribution in [-0.2, 0) is 0 Å². The molecule has 2 saturated carbocycles. The molecule has 2 fully saturated rings. The van der Waals surface area contributed by atoms with Gasteiger partial charge in [0.05, 0.1) is 6.33 Å². The second kappa shape index (κ2) is 11.0. The number of rotatable bonds is 8. The molecule has 1 aromatic rings. The minimum atomic E-state index is -0.124. The van der Waals surface area contributed by atoms with Gasteiger partial charge in [-0.25, -0.2) is 8.78 Å². The van der Waals surface area contributed by atoms with Crippen LogP contribution in [0.5, 0.6) is 0 Å². The summed E-state index contributed by atoms with van der Waals surface area (Å²) in [6.07, 6.45) is 19.3. The van der Waals surface area contributed by atoms with Crippen LogP contribution in [0.4, 0.5) is 8.78 Å². The van der Waals surface area contributed by atoms with E-state index in [2.05, 4.69) is 0 Å². The first-order valence-corrected chi connectivity index (χ1v) is 11.3. The number of hydrogen-bond acceptors (Lipinski definition) is 0. The number of halogens is 2. The molecule has 0 aromatic heterocycles. The first-order chi connectivity index (χ1) is 13.3. The first kappa shape index (κ1) is 20.6. The Labute approximate surface area is 164 Å². The molecule has 1 aromatic carbocycles. The van der Waals surface area contributed by atoms with E-state index >= 15 is 0 Å². The SMILES string of the molecule is F/C=C/CCCCC[C@H]1CC[C@H]([C@H]2CC[C@H](c3ccc(F)cc3)CC2)CC1. The van der Waals surface area contributed by atoms with Crippen LogP contribution in [0.1, 0.15) is 95.0 Å². The average Bonchev–Trinajstić information content (AvgIpc) is 2.72. The maximum atomic E-state index is 13.1. The van der Waals surface area contributed by atoms with Crippen molar-refractivity contribution in [2.75, 3.05) is 0 Å². The third-order valence-electron chi connectivity index (χ3n) is 7.24. The molecule has 3 rings (SSSR count). The van der Waals surface area contributed by atoms with Gasteiger partial charge >= 0.3 is 0 Å². The van der Waals surface area contributed by atoms with Crippen LogP contribution in [0.25, 0.3) is 0 Å². The fourth-order valence-corrected chi connectivity index (χ4v) is 5.54. The van der Waals surface area contributed by atoms with Crippen LogP contribution in [0.2, 0.25) is 0 Å². The lowest BCUT2D eigenvalue weighted by atomic mass is 9.68. The summed E-state index contributed by atoms with van der Waals surface area (Å²) >= 11 is 0. The number of benzene rings is 1. The van der Waals surface area contributed by atoms with E-state index in [4.69, 9.17) is 0 Å². The van der Waals surface area contributed by atoms with Crippen molar-refractivity contribution in [3.05, 3.63) is 48.1 Å². The molecule has 2 aliphatic carbocycles. The van der Waals surface area contributed by atoms with Crippen LogP contribution in [0.15, 0.2) is 36.7 Å². The Morgan fingerprint density at radius 3 is 2.04 bits per heavy atom. The summed E-state index contributed by atoms with van der Waals surface area (Å²) in [5, 5.41) is 0. The van der Waals surface area contributed by atoms with Gasteiger partial charge in [-0.05, 0) is 92.7 Å². The van der Waals surface area contributed by atoms with Gasteiger partial charge in [0.15, 0.2) is 0 Å². The molecule has 0 N–H and O–H groups in total. The van der Waals surface area contributed by atoms with Crippen molar-refractivity contribution < 1.29 is 8.78 Å². The van der Waals surface area contributed by atoms with Crippen molar-refractivity contribution in [3.63, 3.8) is 0 Å². The Morgan fingerprint density at radius 1 is 0.778 bits per heavy atom. The van der Waals surface area contributed by atoms with Crippen LogP contribution >= 0.6 is 0 Å². The summed E-state index contributed by atoms with van der Waals surface area (Å²) in [5.74, 6) is 3.33. The first-order valence-electron chi connectivity index (χ1n) is 11.3. The lowest BCUT2D eigenvalue weighted by Crippen LogP contribution is -2.25. The highest BCUT2D eigenvalue weighted by Crippen LogP contribution is 2.44. The molecule has 0 aliphatic heterocycles. The van der Waals surface area contributed by atoms with Crippen molar-refractivity contribution in [1.29, 1.82) is 0 Å². The molecule has 2 aliphatic rings. The predicted molar refractivity (Wildman–Crippen MR) is 110 cm³/mol. The van der Waals surface area contributed by atoms with Crippen molar-refractivity contribution in [2.24, 2.45) is 17.8 Å². The molecule has 0 unspecified atom stereocenters. The second-order valence-electron chi connectivity index (χ2n) is 8.94. The Hall–Kier alpha value is -1.18. The topological polar surface area (TPSA) is 0 Å². The number of unbranched alkanes of at least 4 members (excludes halogenated alkanes) is 3. The van der Waals surface area contributed by atoms with Crippen molar-refractivity contribution in [3.8, 4) is 0 Å². The lowest BCUT2D eigenvalue weighted by molar-refractivity contribution is 0.155. The number of allylic oxidation sites excluding steroid dienone is 1. The highest BCUT2D eigenvalue weighted by molar-refractivity contribution is 5.21. The Bertz CT molecular complexity index is 546. The second-order valence-corrected chi connectivity index (χ2v) is 8.94. The van der Waals surface area contributed by atoms with E-state index in [0.29, 0.717) is 12.2 Å². The van der Waals surface area contributed by atoms with E-state index in [-0.39, 0.29) is 5.82 Å². The van der Waals surface area contributed by atoms with E-state index < -0.39 is 0 Å². The predicted octanol–water partition coefficient (Wildman–Crippen LogP) is 8.34. The zero-order chi connectivity index (χ0) is 18.9. The Morgan fingerprint density at radius 2 is 1.41 bits per heavy atom. The van der Waals surface area contributed by atoms with E-state index in [0.717, 1.165) is 30.6 Å². The summed E-state index contributed by atoms with van der Waals surface area (Å²) in [6.45, 7) is 0. The molecule has 27 heavy (non-hydrogen) atoms. The van der Waals surface area contributed by atoms with Crippen molar-refractivity contribution in [2.45, 2.75) is 89.4 Å². The van der Waals surface area contributed by atoms with E-state index in [1.807, 2.05) is 12.1 Å². The zero-order valence-corrected chi connectivity index (χ0v) is 16.7. The number of hydrogen-bond donors (Lipinski definition) is 0. The zero-order valence-electron chi connectivity index (χ0n) is 16.7. The summed E-state index contributed by atoms with van der Waals surface area (Å²) in [6, 6.07) is 7.19. The van der Waals surface area contributed by atoms with E-state index in [1.165, 1.54) is 76.2 Å². The van der Waals surface area contributed by atoms with Gasteiger partial charge in [0.25, 0.3) is 0 Å². The standard InChI is InChI=1S/C25H36F2/c26-19-5-3-1-2-4-6-20-7-9-21(10-8-20)22-11-13-23(14-12-22)24-15-17-25(27)18-16-24/h5,15-23H,1-4,6-14H2/b19-5+/t20-,21-,22-,23-. The molecule has 0 radical (unpaired) electrons. The summed E-state index contributed by atoms with van der Waals surface area (Å²) in [7, 11) is 0. The maximum Gasteiger partial charge on any atom is 0.123 e. The van der Waals surface area contributed by atoms with Gasteiger partial charge < -0.3 is 0 Å². The fourth-order valence-electron chi connectivity index (χ4n) is 5.54. The minimum Gasteiger partial charge on any atom is -0.216 e. The molecule has 0 spiro atoms. The molecule has 0 atom stereocenters. The highest BCUT2D eigenvalue weighted by Gasteiger charge is 2.31. The van der Waals surface area contributed by atoms with Crippen LogP contribution in [0.3, 0.4) is 0 Å². The van der Waals surface area contributed by atoms with Gasteiger partial charge in [-0.15, -0.1) is 0 Å². The maximum absolute atomic E-state index is 13.1. The normalized spacial score (nSPS) is 29.3. The summed E-state index contributed by atoms with van der Waals surface area (Å²) in [4.78, 5) is 0. The van der Waals surface area contributed by atoms with Gasteiger partial charge in [0.1, 0.15) is 5.82 Å². The summed E-state index contributed by atoms with van der Waals surface area (Å²) in [5.41, 5.74) is 1.33. The molecule has 0 saturated heterocycles. The molecule has 150 valence electrons. The largest absolute Gasteiger partial charge is 0.216 e. The van der Waals surface area contributed by atoms with Gasteiger partial charge in [-0.2, -0.15) is 0 Å². The van der Waals surface area contributed by atoms with E-state index in [9.17, 15) is 8.78 Å². The van der Waals surface area contributed by atoms with E-state index in [1.54, 1.807) is 18.2 Å². The van der Waals surface area contributed by atoms with Crippen LogP contribution < -0.4 is 0 Å². The Balaban J connectivity index is 1.32. The van der Waals surface area contributed by atoms with Crippen molar-refractivity contribution >= 4 is 0 Å². The third kappa shape index (κ3) is 6.43. The molecule has 2 heteroatoms. The van der Waals surface area contributed by atoms with Crippen molar-refractivity contribution in [1.82, 2.24) is 0 Å². The smallest absolute Gasteiger partial charge is 0.123 e. The monoisotopic (exact) mass is 374 g/mol. The minimum absolute atomic E-state index is 0.124. The van der Waals surface area contributed by atoms with Gasteiger partial charge in [-0.1, -0.05) is 50.3 Å². The molecular formula is C25H36F2. The lowest BCUT2D eigenvalue weighted by Gasteiger charge is -2.38. The van der Waals surface area contributed by atoms with Gasteiger partial charge in [0.2, 0.25) is 0 Å². The molecule has 0 amide bonds. The molecule has 0 bridgehead atoms. The molecular weight excluding hydrogens is 338 g/mol. The fraction of sp³-hybridized carbons (Fsp3) is 0.680. The quantitative estimate of drug-likeness (QED) is 0.401. The highest BCUT2D eigenvalue weighted by atomic mass is 19.1. The van der Waals surface area contributed by atoms with Crippen LogP contribution in [0, 0.1) is 23.6 Å². The molecule has 0 heterocycles. The van der Waals surface area contributed by atoms with Crippen LogP contribution in [-0.4, -0.2) is 0 Å². The molecule has 0 nitrogen and oxygen atoms in total. The Kier molecular flexibility index (Phi) is 8.35. The third-order valence-corrected chi connectivity index (χ3v) is 7.24.